The topological polar surface area (TPSA) is 59.6 Å². The quantitative estimate of drug-likeness (QED) is 0.746. The number of ether oxygens (including phenoxy) is 2. The lowest BCUT2D eigenvalue weighted by atomic mass is 10.1. The molecule has 0 unspecified atom stereocenters. The second-order valence-corrected chi connectivity index (χ2v) is 5.21. The molecule has 136 valence electrons. The largest absolute Gasteiger partial charge is 0.490 e. The van der Waals surface area contributed by atoms with Crippen molar-refractivity contribution in [3.05, 3.63) is 53.6 Å². The molecule has 0 saturated heterocycles. The lowest BCUT2D eigenvalue weighted by Gasteiger charge is -2.12. The molecule has 2 N–H and O–H groups in total. The fourth-order valence-electron chi connectivity index (χ4n) is 2.31. The van der Waals surface area contributed by atoms with Gasteiger partial charge in [0, 0.05) is 17.8 Å². The number of amides is 1. The Morgan fingerprint density at radius 2 is 1.60 bits per heavy atom. The molecule has 2 aromatic rings. The van der Waals surface area contributed by atoms with E-state index in [0.29, 0.717) is 30.3 Å². The molecule has 0 heterocycles. The van der Waals surface area contributed by atoms with Crippen molar-refractivity contribution < 1.29 is 14.3 Å². The van der Waals surface area contributed by atoms with Gasteiger partial charge in [0.25, 0.3) is 5.91 Å². The van der Waals surface area contributed by atoms with Crippen LogP contribution in [0.15, 0.2) is 42.5 Å². The molecule has 0 aliphatic carbocycles. The number of benzene rings is 2. The third kappa shape index (κ3) is 5.96. The maximum Gasteiger partial charge on any atom is 0.255 e. The molecule has 0 saturated carbocycles. The first-order valence-corrected chi connectivity index (χ1v) is 8.12. The van der Waals surface area contributed by atoms with E-state index in [1.165, 1.54) is 0 Å². The van der Waals surface area contributed by atoms with E-state index in [1.807, 2.05) is 45.2 Å². The van der Waals surface area contributed by atoms with Gasteiger partial charge < -0.3 is 20.1 Å². The number of carbonyl (C=O) groups excluding carboxylic acids is 1. The number of hydrogen-bond acceptors (Lipinski definition) is 4. The van der Waals surface area contributed by atoms with Crippen LogP contribution >= 0.6 is 12.4 Å². The van der Waals surface area contributed by atoms with Gasteiger partial charge in [0.2, 0.25) is 0 Å². The van der Waals surface area contributed by atoms with Gasteiger partial charge in [-0.3, -0.25) is 4.79 Å². The molecule has 0 aromatic heterocycles. The third-order valence-corrected chi connectivity index (χ3v) is 3.40. The number of nitrogens with one attached hydrogen (secondary N) is 2. The van der Waals surface area contributed by atoms with Gasteiger partial charge in [0.05, 0.1) is 13.2 Å². The number of rotatable bonds is 8. The summed E-state index contributed by atoms with van der Waals surface area (Å²) in [6.07, 6.45) is 0. The molecule has 25 heavy (non-hydrogen) atoms. The lowest BCUT2D eigenvalue weighted by Crippen LogP contribution is -2.12. The zero-order valence-electron chi connectivity index (χ0n) is 14.8. The number of carbonyl (C=O) groups is 1. The van der Waals surface area contributed by atoms with Crippen LogP contribution in [-0.4, -0.2) is 26.2 Å². The van der Waals surface area contributed by atoms with Gasteiger partial charge in [-0.2, -0.15) is 0 Å². The van der Waals surface area contributed by atoms with Gasteiger partial charge in [-0.05, 0) is 56.8 Å². The Morgan fingerprint density at radius 1 is 0.960 bits per heavy atom. The highest BCUT2D eigenvalue weighted by Gasteiger charge is 2.11. The van der Waals surface area contributed by atoms with Gasteiger partial charge in [-0.1, -0.05) is 12.1 Å². The van der Waals surface area contributed by atoms with Gasteiger partial charge in [-0.15, -0.1) is 12.4 Å². The van der Waals surface area contributed by atoms with E-state index < -0.39 is 0 Å². The Bertz CT molecular complexity index is 675. The molecule has 6 heteroatoms. The summed E-state index contributed by atoms with van der Waals surface area (Å²) in [5.74, 6) is 1.05. The van der Waals surface area contributed by atoms with Crippen LogP contribution in [0.2, 0.25) is 0 Å². The molecule has 0 aliphatic heterocycles. The maximum absolute atomic E-state index is 12.4. The number of halogens is 1. The summed E-state index contributed by atoms with van der Waals surface area (Å²) in [7, 11) is 1.90. The van der Waals surface area contributed by atoms with Gasteiger partial charge >= 0.3 is 0 Å². The second kappa shape index (κ2) is 10.6. The van der Waals surface area contributed by atoms with E-state index in [4.69, 9.17) is 9.47 Å². The molecule has 0 bridgehead atoms. The molecule has 0 fully saturated rings. The SMILES string of the molecule is CCOc1ccc(C(=O)Nc2ccc(CNC)cc2)cc1OCC.Cl. The van der Waals surface area contributed by atoms with Crippen LogP contribution in [0.5, 0.6) is 11.5 Å². The second-order valence-electron chi connectivity index (χ2n) is 5.21. The fourth-order valence-corrected chi connectivity index (χ4v) is 2.31. The molecule has 2 aromatic carbocycles. The molecular formula is C19H25ClN2O3. The minimum atomic E-state index is -0.180. The predicted octanol–water partition coefficient (Wildman–Crippen LogP) is 3.88. The number of anilines is 1. The molecule has 5 nitrogen and oxygen atoms in total. The zero-order valence-corrected chi connectivity index (χ0v) is 15.6. The summed E-state index contributed by atoms with van der Waals surface area (Å²) in [6.45, 7) is 5.66. The van der Waals surface area contributed by atoms with Crippen LogP contribution in [-0.2, 0) is 6.54 Å². The third-order valence-electron chi connectivity index (χ3n) is 3.40. The van der Waals surface area contributed by atoms with E-state index >= 15 is 0 Å². The van der Waals surface area contributed by atoms with Crippen molar-refractivity contribution in [3.63, 3.8) is 0 Å². The Morgan fingerprint density at radius 3 is 2.20 bits per heavy atom. The van der Waals surface area contributed by atoms with Crippen LogP contribution in [0, 0.1) is 0 Å². The molecule has 1 amide bonds. The Kier molecular flexibility index (Phi) is 8.81. The summed E-state index contributed by atoms with van der Waals surface area (Å²) in [5, 5.41) is 5.98. The first-order valence-electron chi connectivity index (χ1n) is 8.12. The Hall–Kier alpha value is -2.24. The Balaban J connectivity index is 0.00000312. The summed E-state index contributed by atoms with van der Waals surface area (Å²) < 4.78 is 11.1. The standard InChI is InChI=1S/C19H24N2O3.ClH/c1-4-23-17-11-8-15(12-18(17)24-5-2)19(22)21-16-9-6-14(7-10-16)13-20-3;/h6-12,20H,4-5,13H2,1-3H3,(H,21,22);1H. The smallest absolute Gasteiger partial charge is 0.255 e. The van der Waals surface area contributed by atoms with Crippen molar-refractivity contribution >= 4 is 24.0 Å². The van der Waals surface area contributed by atoms with Crippen molar-refractivity contribution in [3.8, 4) is 11.5 Å². The molecule has 0 aliphatic rings. The van der Waals surface area contributed by atoms with Crippen LogP contribution in [0.25, 0.3) is 0 Å². The Labute approximate surface area is 155 Å². The van der Waals surface area contributed by atoms with Gasteiger partial charge in [0.15, 0.2) is 11.5 Å². The monoisotopic (exact) mass is 364 g/mol. The van der Waals surface area contributed by atoms with Crippen LogP contribution < -0.4 is 20.1 Å². The highest BCUT2D eigenvalue weighted by atomic mass is 35.5. The summed E-state index contributed by atoms with van der Waals surface area (Å²) in [6, 6.07) is 13.0. The molecule has 0 radical (unpaired) electrons. The lowest BCUT2D eigenvalue weighted by molar-refractivity contribution is 0.102. The summed E-state index contributed by atoms with van der Waals surface area (Å²) in [5.41, 5.74) is 2.45. The first-order chi connectivity index (χ1) is 11.7. The first kappa shape index (κ1) is 20.8. The molecule has 0 atom stereocenters. The van der Waals surface area contributed by atoms with E-state index in [0.717, 1.165) is 17.8 Å². The molecular weight excluding hydrogens is 340 g/mol. The van der Waals surface area contributed by atoms with E-state index in [2.05, 4.69) is 10.6 Å². The average Bonchev–Trinajstić information content (AvgIpc) is 2.59. The minimum absolute atomic E-state index is 0. The van der Waals surface area contributed by atoms with Crippen molar-refractivity contribution in [2.24, 2.45) is 0 Å². The highest BCUT2D eigenvalue weighted by molar-refractivity contribution is 6.04. The van der Waals surface area contributed by atoms with Gasteiger partial charge in [0.1, 0.15) is 0 Å². The van der Waals surface area contributed by atoms with E-state index in [9.17, 15) is 4.79 Å². The maximum atomic E-state index is 12.4. The van der Waals surface area contributed by atoms with Crippen molar-refractivity contribution in [1.82, 2.24) is 5.32 Å². The van der Waals surface area contributed by atoms with E-state index in [1.54, 1.807) is 18.2 Å². The highest BCUT2D eigenvalue weighted by Crippen LogP contribution is 2.28. The summed E-state index contributed by atoms with van der Waals surface area (Å²) >= 11 is 0. The normalized spacial score (nSPS) is 9.88. The summed E-state index contributed by atoms with van der Waals surface area (Å²) in [4.78, 5) is 12.4. The van der Waals surface area contributed by atoms with E-state index in [-0.39, 0.29) is 18.3 Å². The van der Waals surface area contributed by atoms with Crippen molar-refractivity contribution in [2.45, 2.75) is 20.4 Å². The molecule has 0 spiro atoms. The van der Waals surface area contributed by atoms with Gasteiger partial charge in [-0.25, -0.2) is 0 Å². The van der Waals surface area contributed by atoms with Crippen molar-refractivity contribution in [1.29, 1.82) is 0 Å². The van der Waals surface area contributed by atoms with Crippen molar-refractivity contribution in [2.75, 3.05) is 25.6 Å². The zero-order chi connectivity index (χ0) is 17.4. The van der Waals surface area contributed by atoms with Crippen LogP contribution in [0.1, 0.15) is 29.8 Å². The minimum Gasteiger partial charge on any atom is -0.490 e. The molecule has 2 rings (SSSR count). The average molecular weight is 365 g/mol. The predicted molar refractivity (Wildman–Crippen MR) is 103 cm³/mol. The van der Waals surface area contributed by atoms with Crippen LogP contribution in [0.3, 0.4) is 0 Å². The fraction of sp³-hybridized carbons (Fsp3) is 0.316. The number of hydrogen-bond donors (Lipinski definition) is 2. The van der Waals surface area contributed by atoms with Crippen LogP contribution in [0.4, 0.5) is 5.69 Å².